The SMILES string of the molecule is COc1ccc([C@@H]2CN(C(=O)C(=O)NCc3ccccc3)C[C@@]2(C)[C@H](C)O)cc1OC1CCCC1. The molecule has 3 atom stereocenters. The topological polar surface area (TPSA) is 88.1 Å². The van der Waals surface area contributed by atoms with Gasteiger partial charge in [0.15, 0.2) is 11.5 Å². The smallest absolute Gasteiger partial charge is 0.311 e. The Labute approximate surface area is 207 Å². The van der Waals surface area contributed by atoms with Crippen LogP contribution in [0.3, 0.4) is 0 Å². The van der Waals surface area contributed by atoms with Gasteiger partial charge in [0.2, 0.25) is 0 Å². The zero-order valence-corrected chi connectivity index (χ0v) is 20.8. The largest absolute Gasteiger partial charge is 0.493 e. The van der Waals surface area contributed by atoms with Crippen LogP contribution in [0.5, 0.6) is 11.5 Å². The minimum atomic E-state index is -0.681. The van der Waals surface area contributed by atoms with Crippen molar-refractivity contribution in [1.82, 2.24) is 10.2 Å². The number of benzene rings is 2. The van der Waals surface area contributed by atoms with Gasteiger partial charge in [-0.05, 0) is 55.9 Å². The number of nitrogens with one attached hydrogen (secondary N) is 1. The molecule has 2 aromatic carbocycles. The number of methoxy groups -OCH3 is 1. The summed E-state index contributed by atoms with van der Waals surface area (Å²) in [6.45, 7) is 4.64. The van der Waals surface area contributed by atoms with Crippen molar-refractivity contribution in [2.75, 3.05) is 20.2 Å². The number of rotatable bonds is 7. The Morgan fingerprint density at radius 3 is 2.51 bits per heavy atom. The quantitative estimate of drug-likeness (QED) is 0.591. The molecule has 2 aromatic rings. The fraction of sp³-hybridized carbons (Fsp3) is 0.500. The number of aliphatic hydroxyl groups is 1. The second-order valence-corrected chi connectivity index (χ2v) is 10.0. The average molecular weight is 481 g/mol. The zero-order chi connectivity index (χ0) is 25.0. The molecule has 1 saturated carbocycles. The number of hydrogen-bond acceptors (Lipinski definition) is 5. The minimum Gasteiger partial charge on any atom is -0.493 e. The van der Waals surface area contributed by atoms with Gasteiger partial charge < -0.3 is 24.8 Å². The van der Waals surface area contributed by atoms with Crippen molar-refractivity contribution in [2.24, 2.45) is 5.41 Å². The molecule has 1 aliphatic heterocycles. The van der Waals surface area contributed by atoms with Gasteiger partial charge in [-0.1, -0.05) is 43.3 Å². The van der Waals surface area contributed by atoms with E-state index in [0.29, 0.717) is 18.0 Å². The Kier molecular flexibility index (Phi) is 7.65. The number of carbonyl (C=O) groups is 2. The highest BCUT2D eigenvalue weighted by Gasteiger charge is 2.49. The van der Waals surface area contributed by atoms with Crippen LogP contribution in [0.15, 0.2) is 48.5 Å². The van der Waals surface area contributed by atoms with Gasteiger partial charge in [0.25, 0.3) is 0 Å². The van der Waals surface area contributed by atoms with Crippen LogP contribution < -0.4 is 14.8 Å². The fourth-order valence-electron chi connectivity index (χ4n) is 5.26. The third kappa shape index (κ3) is 5.45. The molecule has 2 N–H and O–H groups in total. The number of aliphatic hydroxyl groups excluding tert-OH is 1. The summed E-state index contributed by atoms with van der Waals surface area (Å²) in [5.41, 5.74) is 1.27. The highest BCUT2D eigenvalue weighted by molar-refractivity contribution is 6.35. The molecule has 1 saturated heterocycles. The molecule has 4 rings (SSSR count). The van der Waals surface area contributed by atoms with E-state index in [2.05, 4.69) is 5.32 Å². The molecule has 0 spiro atoms. The molecular formula is C28H36N2O5. The molecule has 2 fully saturated rings. The van der Waals surface area contributed by atoms with Crippen LogP contribution >= 0.6 is 0 Å². The number of carbonyl (C=O) groups excluding carboxylic acids is 2. The van der Waals surface area contributed by atoms with Crippen molar-refractivity contribution in [2.45, 2.75) is 64.2 Å². The maximum absolute atomic E-state index is 13.0. The first-order chi connectivity index (χ1) is 16.8. The van der Waals surface area contributed by atoms with Gasteiger partial charge in [-0.25, -0.2) is 0 Å². The van der Waals surface area contributed by atoms with Gasteiger partial charge >= 0.3 is 11.8 Å². The van der Waals surface area contributed by atoms with Crippen molar-refractivity contribution in [1.29, 1.82) is 0 Å². The summed E-state index contributed by atoms with van der Waals surface area (Å²) in [6, 6.07) is 15.3. The van der Waals surface area contributed by atoms with Crippen LogP contribution in [0.25, 0.3) is 0 Å². The molecule has 0 aromatic heterocycles. The maximum Gasteiger partial charge on any atom is 0.311 e. The first-order valence-corrected chi connectivity index (χ1v) is 12.5. The minimum absolute atomic E-state index is 0.162. The molecule has 7 nitrogen and oxygen atoms in total. The standard InChI is InChI=1S/C28H36N2O5/c1-19(31)28(2)18-30(27(33)26(32)29-16-20-9-5-4-6-10-20)17-23(28)21-13-14-24(34-3)25(15-21)35-22-11-7-8-12-22/h4-6,9-10,13-15,19,22-23,31H,7-8,11-12,16-18H2,1-3H3,(H,29,32)/t19-,23-,28-/m0/s1. The lowest BCUT2D eigenvalue weighted by Crippen LogP contribution is -2.43. The zero-order valence-electron chi connectivity index (χ0n) is 20.8. The summed E-state index contributed by atoms with van der Waals surface area (Å²) >= 11 is 0. The van der Waals surface area contributed by atoms with Crippen molar-refractivity contribution in [3.05, 3.63) is 59.7 Å². The summed E-state index contributed by atoms with van der Waals surface area (Å²) in [5.74, 6) is -0.0141. The van der Waals surface area contributed by atoms with E-state index in [4.69, 9.17) is 9.47 Å². The Hall–Kier alpha value is -3.06. The molecule has 35 heavy (non-hydrogen) atoms. The van der Waals surface area contributed by atoms with Gasteiger partial charge in [0.1, 0.15) is 0 Å². The van der Waals surface area contributed by atoms with Gasteiger partial charge in [0.05, 0.1) is 19.3 Å². The summed E-state index contributed by atoms with van der Waals surface area (Å²) in [7, 11) is 1.63. The predicted octanol–water partition coefficient (Wildman–Crippen LogP) is 3.65. The average Bonchev–Trinajstić information content (AvgIpc) is 3.51. The van der Waals surface area contributed by atoms with Crippen LogP contribution in [0.4, 0.5) is 0 Å². The van der Waals surface area contributed by atoms with Crippen LogP contribution in [0.2, 0.25) is 0 Å². The van der Waals surface area contributed by atoms with E-state index >= 15 is 0 Å². The van der Waals surface area contributed by atoms with Crippen molar-refractivity contribution in [3.63, 3.8) is 0 Å². The Morgan fingerprint density at radius 1 is 1.14 bits per heavy atom. The van der Waals surface area contributed by atoms with Crippen LogP contribution in [0, 0.1) is 5.41 Å². The highest BCUT2D eigenvalue weighted by Crippen LogP contribution is 2.47. The summed E-state index contributed by atoms with van der Waals surface area (Å²) < 4.78 is 11.8. The summed E-state index contributed by atoms with van der Waals surface area (Å²) in [4.78, 5) is 27.3. The maximum atomic E-state index is 13.0. The summed E-state index contributed by atoms with van der Waals surface area (Å²) in [6.07, 6.45) is 3.89. The molecule has 188 valence electrons. The lowest BCUT2D eigenvalue weighted by Gasteiger charge is -2.34. The lowest BCUT2D eigenvalue weighted by atomic mass is 9.72. The van der Waals surface area contributed by atoms with Gasteiger partial charge in [-0.2, -0.15) is 0 Å². The monoisotopic (exact) mass is 480 g/mol. The predicted molar refractivity (Wildman–Crippen MR) is 133 cm³/mol. The van der Waals surface area contributed by atoms with E-state index in [1.165, 1.54) is 12.8 Å². The highest BCUT2D eigenvalue weighted by atomic mass is 16.5. The molecule has 0 unspecified atom stereocenters. The fourth-order valence-corrected chi connectivity index (χ4v) is 5.26. The molecule has 0 radical (unpaired) electrons. The van der Waals surface area contributed by atoms with E-state index in [0.717, 1.165) is 24.0 Å². The van der Waals surface area contributed by atoms with Crippen LogP contribution in [-0.2, 0) is 16.1 Å². The molecule has 7 heteroatoms. The molecule has 2 amide bonds. The van der Waals surface area contributed by atoms with Gasteiger partial charge in [0, 0.05) is 31.0 Å². The lowest BCUT2D eigenvalue weighted by molar-refractivity contribution is -0.145. The Bertz CT molecular complexity index is 1030. The summed E-state index contributed by atoms with van der Waals surface area (Å²) in [5, 5.41) is 13.5. The normalized spacial score (nSPS) is 23.2. The Balaban J connectivity index is 1.52. The number of amides is 2. The molecular weight excluding hydrogens is 444 g/mol. The van der Waals surface area contributed by atoms with Crippen molar-refractivity contribution >= 4 is 11.8 Å². The van der Waals surface area contributed by atoms with Crippen LogP contribution in [-0.4, -0.2) is 54.2 Å². The number of ether oxygens (including phenoxy) is 2. The molecule has 1 aliphatic carbocycles. The van der Waals surface area contributed by atoms with E-state index in [-0.39, 0.29) is 25.1 Å². The number of likely N-dealkylation sites (tertiary alicyclic amines) is 1. The molecule has 2 aliphatic rings. The van der Waals surface area contributed by atoms with Crippen LogP contribution in [0.1, 0.15) is 56.6 Å². The number of hydrogen-bond donors (Lipinski definition) is 2. The van der Waals surface area contributed by atoms with Gasteiger partial charge in [-0.15, -0.1) is 0 Å². The second kappa shape index (κ2) is 10.7. The van der Waals surface area contributed by atoms with Crippen molar-refractivity contribution in [3.8, 4) is 11.5 Å². The first-order valence-electron chi connectivity index (χ1n) is 12.5. The third-order valence-corrected chi connectivity index (χ3v) is 7.65. The first kappa shape index (κ1) is 25.0. The Morgan fingerprint density at radius 2 is 1.86 bits per heavy atom. The van der Waals surface area contributed by atoms with Gasteiger partial charge in [-0.3, -0.25) is 9.59 Å². The van der Waals surface area contributed by atoms with E-state index in [1.54, 1.807) is 18.9 Å². The van der Waals surface area contributed by atoms with Crippen molar-refractivity contribution < 1.29 is 24.2 Å². The van der Waals surface area contributed by atoms with E-state index in [1.807, 2.05) is 55.5 Å². The molecule has 1 heterocycles. The van der Waals surface area contributed by atoms with E-state index in [9.17, 15) is 14.7 Å². The second-order valence-electron chi connectivity index (χ2n) is 10.0. The third-order valence-electron chi connectivity index (χ3n) is 7.65. The molecule has 0 bridgehead atoms. The number of nitrogens with zero attached hydrogens (tertiary/aromatic N) is 1. The van der Waals surface area contributed by atoms with E-state index < -0.39 is 23.3 Å².